The number of urea groups is 1. The zero-order valence-electron chi connectivity index (χ0n) is 14.6. The first-order valence-electron chi connectivity index (χ1n) is 9.43. The van der Waals surface area contributed by atoms with Crippen molar-refractivity contribution in [1.29, 1.82) is 0 Å². The van der Waals surface area contributed by atoms with Gasteiger partial charge in [0.2, 0.25) is 0 Å². The third-order valence-electron chi connectivity index (χ3n) is 5.50. The predicted octanol–water partition coefficient (Wildman–Crippen LogP) is 1.70. The molecule has 2 amide bonds. The van der Waals surface area contributed by atoms with Crippen LogP contribution in [-0.2, 0) is 9.47 Å². The number of piperidine rings is 1. The number of hydrogen-bond acceptors (Lipinski definition) is 5. The number of likely N-dealkylation sites (tertiary alicyclic amines) is 1. The second kappa shape index (κ2) is 7.29. The minimum absolute atomic E-state index is 0.0296. The average molecular weight is 349 g/mol. The Labute approximate surface area is 147 Å². The summed E-state index contributed by atoms with van der Waals surface area (Å²) >= 11 is 0. The van der Waals surface area contributed by atoms with Crippen molar-refractivity contribution in [2.75, 3.05) is 26.2 Å². The minimum Gasteiger partial charge on any atom is -0.347 e. The Hall–Kier alpha value is -1.67. The third-order valence-corrected chi connectivity index (χ3v) is 5.50. The number of hydrogen-bond donors (Lipinski definition) is 1. The van der Waals surface area contributed by atoms with Gasteiger partial charge in [-0.15, -0.1) is 0 Å². The maximum Gasteiger partial charge on any atom is 0.317 e. The summed E-state index contributed by atoms with van der Waals surface area (Å²) in [6.45, 7) is 2.52. The maximum atomic E-state index is 12.5. The van der Waals surface area contributed by atoms with Crippen LogP contribution in [0.4, 0.5) is 4.79 Å². The lowest BCUT2D eigenvalue weighted by molar-refractivity contribution is -0.186. The van der Waals surface area contributed by atoms with Crippen LogP contribution in [-0.4, -0.2) is 63.8 Å². The lowest BCUT2D eigenvalue weighted by Crippen LogP contribution is -2.48. The smallest absolute Gasteiger partial charge is 0.317 e. The van der Waals surface area contributed by atoms with Gasteiger partial charge >= 0.3 is 6.03 Å². The van der Waals surface area contributed by atoms with E-state index < -0.39 is 0 Å². The van der Waals surface area contributed by atoms with E-state index in [1.807, 2.05) is 9.58 Å². The Bertz CT molecular complexity index is 573. The van der Waals surface area contributed by atoms with Gasteiger partial charge in [0.15, 0.2) is 5.79 Å². The van der Waals surface area contributed by atoms with Gasteiger partial charge in [-0.3, -0.25) is 0 Å². The summed E-state index contributed by atoms with van der Waals surface area (Å²) in [5.41, 5.74) is 0. The van der Waals surface area contributed by atoms with Crippen LogP contribution in [0.25, 0.3) is 0 Å². The van der Waals surface area contributed by atoms with Gasteiger partial charge in [-0.25, -0.2) is 14.5 Å². The lowest BCUT2D eigenvalue weighted by atomic mass is 9.94. The molecule has 8 nitrogen and oxygen atoms in total. The van der Waals surface area contributed by atoms with Crippen molar-refractivity contribution < 1.29 is 14.3 Å². The van der Waals surface area contributed by atoms with Gasteiger partial charge in [0.25, 0.3) is 0 Å². The first-order valence-corrected chi connectivity index (χ1v) is 9.43. The van der Waals surface area contributed by atoms with E-state index in [0.29, 0.717) is 19.7 Å². The summed E-state index contributed by atoms with van der Waals surface area (Å²) in [7, 11) is 0. The molecule has 8 heteroatoms. The molecule has 0 aromatic carbocycles. The molecule has 4 rings (SSSR count). The van der Waals surface area contributed by atoms with Crippen LogP contribution >= 0.6 is 0 Å². The molecule has 0 unspecified atom stereocenters. The first-order chi connectivity index (χ1) is 12.2. The van der Waals surface area contributed by atoms with Crippen LogP contribution in [0.1, 0.15) is 51.0 Å². The molecule has 2 saturated heterocycles. The summed E-state index contributed by atoms with van der Waals surface area (Å²) in [6, 6.07) is 0.177. The van der Waals surface area contributed by atoms with Gasteiger partial charge < -0.3 is 19.7 Å². The van der Waals surface area contributed by atoms with Crippen molar-refractivity contribution >= 4 is 6.03 Å². The molecule has 1 aliphatic carbocycles. The highest BCUT2D eigenvalue weighted by Gasteiger charge is 2.42. The monoisotopic (exact) mass is 349 g/mol. The predicted molar refractivity (Wildman–Crippen MR) is 89.9 cm³/mol. The van der Waals surface area contributed by atoms with Gasteiger partial charge in [-0.05, 0) is 25.7 Å². The van der Waals surface area contributed by atoms with Gasteiger partial charge in [0.05, 0.1) is 12.6 Å². The molecule has 1 aromatic heterocycles. The Morgan fingerprint density at radius 1 is 1.28 bits per heavy atom. The fraction of sp³-hybridized carbons (Fsp3) is 0.824. The van der Waals surface area contributed by atoms with E-state index in [2.05, 4.69) is 15.4 Å². The number of nitrogens with one attached hydrogen (secondary N) is 1. The van der Waals surface area contributed by atoms with Gasteiger partial charge in [-0.2, -0.15) is 5.10 Å². The molecule has 0 bridgehead atoms. The number of amides is 2. The number of aromatic nitrogens is 3. The molecule has 1 spiro atoms. The van der Waals surface area contributed by atoms with E-state index in [-0.39, 0.29) is 24.0 Å². The molecule has 3 aliphatic rings. The number of rotatable bonds is 3. The van der Waals surface area contributed by atoms with E-state index in [9.17, 15) is 4.79 Å². The number of ether oxygens (including phenoxy) is 2. The Kier molecular flexibility index (Phi) is 4.89. The molecular formula is C17H27N5O3. The Balaban J connectivity index is 1.25. The Morgan fingerprint density at radius 2 is 2.16 bits per heavy atom. The fourth-order valence-electron chi connectivity index (χ4n) is 4.14. The average Bonchev–Trinajstić information content (AvgIpc) is 3.31. The molecular weight excluding hydrogens is 322 g/mol. The molecule has 3 heterocycles. The van der Waals surface area contributed by atoms with Crippen molar-refractivity contribution in [3.05, 3.63) is 12.7 Å². The second-order valence-corrected chi connectivity index (χ2v) is 7.33. The number of carbonyl (C=O) groups excluding carboxylic acids is 1. The molecule has 2 atom stereocenters. The standard InChI is InChI=1S/C17H27N5O3/c23-16(21-8-4-5-14(10-21)22-13-18-12-20-22)19-9-15-11-24-17(25-15)6-2-1-3-7-17/h12-15H,1-11H2,(H,19,23)/t14-,15-/m1/s1. The van der Waals surface area contributed by atoms with Crippen LogP contribution in [0.15, 0.2) is 12.7 Å². The third kappa shape index (κ3) is 3.79. The van der Waals surface area contributed by atoms with Crippen molar-refractivity contribution in [2.45, 2.75) is 62.9 Å². The topological polar surface area (TPSA) is 81.5 Å². The van der Waals surface area contributed by atoms with E-state index in [4.69, 9.17) is 9.47 Å². The van der Waals surface area contributed by atoms with Gasteiger partial charge in [0.1, 0.15) is 18.8 Å². The number of carbonyl (C=O) groups is 1. The highest BCUT2D eigenvalue weighted by atomic mass is 16.7. The Morgan fingerprint density at radius 3 is 2.96 bits per heavy atom. The highest BCUT2D eigenvalue weighted by molar-refractivity contribution is 5.74. The molecule has 1 saturated carbocycles. The molecule has 3 fully saturated rings. The van der Waals surface area contributed by atoms with Crippen LogP contribution in [0.3, 0.4) is 0 Å². The molecule has 2 aliphatic heterocycles. The summed E-state index contributed by atoms with van der Waals surface area (Å²) in [5.74, 6) is -0.378. The summed E-state index contributed by atoms with van der Waals surface area (Å²) in [5, 5.41) is 7.22. The molecule has 0 radical (unpaired) electrons. The minimum atomic E-state index is -0.378. The summed E-state index contributed by atoms with van der Waals surface area (Å²) in [6.07, 6.45) is 10.8. The van der Waals surface area contributed by atoms with Crippen molar-refractivity contribution in [1.82, 2.24) is 25.0 Å². The van der Waals surface area contributed by atoms with Gasteiger partial charge in [-0.1, -0.05) is 6.42 Å². The van der Waals surface area contributed by atoms with E-state index >= 15 is 0 Å². The SMILES string of the molecule is O=C(NC[C@@H]1COC2(CCCCC2)O1)N1CCC[C@@H](n2cncn2)C1. The van der Waals surface area contributed by atoms with Crippen LogP contribution in [0.2, 0.25) is 0 Å². The van der Waals surface area contributed by atoms with E-state index in [1.165, 1.54) is 12.7 Å². The van der Waals surface area contributed by atoms with E-state index in [1.54, 1.807) is 6.33 Å². The first kappa shape index (κ1) is 16.8. The summed E-state index contributed by atoms with van der Waals surface area (Å²) in [4.78, 5) is 18.4. The second-order valence-electron chi connectivity index (χ2n) is 7.33. The highest BCUT2D eigenvalue weighted by Crippen LogP contribution is 2.37. The zero-order chi connectivity index (χ0) is 17.1. The largest absolute Gasteiger partial charge is 0.347 e. The van der Waals surface area contributed by atoms with Crippen molar-refractivity contribution in [3.8, 4) is 0 Å². The van der Waals surface area contributed by atoms with Crippen LogP contribution in [0, 0.1) is 0 Å². The molecule has 1 aromatic rings. The quantitative estimate of drug-likeness (QED) is 0.898. The normalized spacial score (nSPS) is 29.0. The summed E-state index contributed by atoms with van der Waals surface area (Å²) < 4.78 is 13.9. The molecule has 25 heavy (non-hydrogen) atoms. The zero-order valence-corrected chi connectivity index (χ0v) is 14.6. The molecule has 138 valence electrons. The van der Waals surface area contributed by atoms with Crippen LogP contribution < -0.4 is 5.32 Å². The van der Waals surface area contributed by atoms with Crippen LogP contribution in [0.5, 0.6) is 0 Å². The maximum absolute atomic E-state index is 12.5. The van der Waals surface area contributed by atoms with E-state index in [0.717, 1.165) is 45.1 Å². The fourth-order valence-corrected chi connectivity index (χ4v) is 4.14. The molecule has 1 N–H and O–H groups in total. The van der Waals surface area contributed by atoms with Crippen molar-refractivity contribution in [2.24, 2.45) is 0 Å². The lowest BCUT2D eigenvalue weighted by Gasteiger charge is -2.33. The van der Waals surface area contributed by atoms with Gasteiger partial charge in [0, 0.05) is 32.5 Å². The van der Waals surface area contributed by atoms with Crippen molar-refractivity contribution in [3.63, 3.8) is 0 Å². The number of nitrogens with zero attached hydrogens (tertiary/aromatic N) is 4.